The third kappa shape index (κ3) is 5.06. The number of carbonyl (C=O) groups excluding carboxylic acids is 1. The van der Waals surface area contributed by atoms with Crippen LogP contribution in [0, 0.1) is 5.82 Å². The van der Waals surface area contributed by atoms with Crippen LogP contribution < -0.4 is 20.1 Å². The zero-order valence-electron chi connectivity index (χ0n) is 15.2. The number of nitrogens with zero attached hydrogens (tertiary/aromatic N) is 2. The Hall–Kier alpha value is -3.16. The van der Waals surface area contributed by atoms with Crippen LogP contribution >= 0.6 is 23.9 Å². The molecule has 13 heteroatoms. The van der Waals surface area contributed by atoms with Crippen LogP contribution in [0.25, 0.3) is 0 Å². The first-order valence-electron chi connectivity index (χ1n) is 8.16. The fourth-order valence-electron chi connectivity index (χ4n) is 2.26. The Labute approximate surface area is 180 Å². The van der Waals surface area contributed by atoms with Crippen molar-refractivity contribution >= 4 is 56.5 Å². The Morgan fingerprint density at radius 2 is 1.83 bits per heavy atom. The zero-order valence-corrected chi connectivity index (χ0v) is 17.7. The number of hydrogen-bond donors (Lipinski definition) is 3. The lowest BCUT2D eigenvalue weighted by atomic mass is 10.2. The van der Waals surface area contributed by atoms with Gasteiger partial charge in [0, 0.05) is 5.69 Å². The molecule has 0 fully saturated rings. The normalized spacial score (nSPS) is 10.9. The van der Waals surface area contributed by atoms with E-state index in [0.717, 1.165) is 17.8 Å². The average Bonchev–Trinajstić information content (AvgIpc) is 3.15. The molecule has 0 saturated carbocycles. The van der Waals surface area contributed by atoms with E-state index in [1.807, 2.05) is 0 Å². The Balaban J connectivity index is 1.64. The highest BCUT2D eigenvalue weighted by molar-refractivity contribution is 7.92. The minimum absolute atomic E-state index is 0.0123. The first-order valence-corrected chi connectivity index (χ1v) is 10.8. The van der Waals surface area contributed by atoms with Gasteiger partial charge < -0.3 is 10.1 Å². The van der Waals surface area contributed by atoms with Gasteiger partial charge in [0.05, 0.1) is 29.3 Å². The molecule has 1 amide bonds. The second-order valence-corrected chi connectivity index (χ2v) is 8.26. The molecule has 1 heterocycles. The van der Waals surface area contributed by atoms with Crippen molar-refractivity contribution in [3.63, 3.8) is 0 Å². The summed E-state index contributed by atoms with van der Waals surface area (Å²) in [6, 6.07) is 11.0. The van der Waals surface area contributed by atoms with Gasteiger partial charge in [0.15, 0.2) is 5.11 Å². The number of methoxy groups -OCH3 is 1. The number of rotatable bonds is 6. The number of carbonyl (C=O) groups is 1. The number of sulfonamides is 1. The summed E-state index contributed by atoms with van der Waals surface area (Å²) in [6.45, 7) is 0. The highest BCUT2D eigenvalue weighted by Gasteiger charge is 2.19. The molecule has 1 aromatic heterocycles. The van der Waals surface area contributed by atoms with Gasteiger partial charge in [-0.05, 0) is 48.6 Å². The molecule has 9 nitrogen and oxygen atoms in total. The van der Waals surface area contributed by atoms with Crippen LogP contribution in [-0.2, 0) is 10.0 Å². The number of aromatic nitrogens is 2. The molecule has 156 valence electrons. The number of nitrogens with one attached hydrogen (secondary N) is 3. The summed E-state index contributed by atoms with van der Waals surface area (Å²) < 4.78 is 53.4. The summed E-state index contributed by atoms with van der Waals surface area (Å²) in [5.41, 5.74) is 0.266. The summed E-state index contributed by atoms with van der Waals surface area (Å²) in [5, 5.41) is 5.01. The Morgan fingerprint density at radius 3 is 2.50 bits per heavy atom. The van der Waals surface area contributed by atoms with Crippen LogP contribution in [0.4, 0.5) is 15.9 Å². The van der Waals surface area contributed by atoms with Crippen molar-refractivity contribution in [2.45, 2.75) is 4.90 Å². The van der Waals surface area contributed by atoms with Crippen molar-refractivity contribution in [3.05, 3.63) is 59.9 Å². The van der Waals surface area contributed by atoms with E-state index in [-0.39, 0.29) is 27.3 Å². The lowest BCUT2D eigenvalue weighted by Crippen LogP contribution is -2.34. The molecule has 0 atom stereocenters. The molecule has 0 aliphatic rings. The van der Waals surface area contributed by atoms with E-state index in [1.165, 1.54) is 49.6 Å². The van der Waals surface area contributed by atoms with Gasteiger partial charge in [-0.15, -0.1) is 4.37 Å². The van der Waals surface area contributed by atoms with E-state index in [9.17, 15) is 17.6 Å². The van der Waals surface area contributed by atoms with Gasteiger partial charge in [0.1, 0.15) is 5.82 Å². The van der Waals surface area contributed by atoms with E-state index in [1.54, 1.807) is 0 Å². The smallest absolute Gasteiger partial charge is 0.271 e. The minimum Gasteiger partial charge on any atom is -0.478 e. The Kier molecular flexibility index (Phi) is 6.54. The maximum absolute atomic E-state index is 13.7. The van der Waals surface area contributed by atoms with Crippen LogP contribution in [0.1, 0.15) is 10.4 Å². The highest BCUT2D eigenvalue weighted by Crippen LogP contribution is 2.24. The zero-order chi connectivity index (χ0) is 21.7. The number of halogens is 1. The quantitative estimate of drug-likeness (QED) is 0.473. The first-order chi connectivity index (χ1) is 14.3. The number of ether oxygens (including phenoxy) is 1. The van der Waals surface area contributed by atoms with Crippen LogP contribution in [-0.4, -0.2) is 35.3 Å². The van der Waals surface area contributed by atoms with Gasteiger partial charge in [-0.25, -0.2) is 12.8 Å². The van der Waals surface area contributed by atoms with Crippen LogP contribution in [0.2, 0.25) is 0 Å². The second-order valence-electron chi connectivity index (χ2n) is 5.64. The first kappa shape index (κ1) is 21.5. The van der Waals surface area contributed by atoms with Gasteiger partial charge >= 0.3 is 0 Å². The van der Waals surface area contributed by atoms with E-state index in [0.29, 0.717) is 5.69 Å². The standard InChI is InChI=1S/C17H14FN5O4S3/c1-27-16-14(21-29-22-16)23-30(25,26)11-8-6-10(7-9-11)19-17(28)20-15(24)12-4-2-3-5-13(12)18/h2-9H,1H3,(H,21,23)(H2,19,20,24,28). The number of thiocarbonyl (C=S) groups is 1. The second kappa shape index (κ2) is 9.11. The van der Waals surface area contributed by atoms with Gasteiger partial charge in [-0.2, -0.15) is 4.37 Å². The SMILES string of the molecule is COc1nsnc1NS(=O)(=O)c1ccc(NC(=S)NC(=O)c2ccccc2F)cc1. The molecule has 0 unspecified atom stereocenters. The molecule has 3 aromatic rings. The highest BCUT2D eigenvalue weighted by atomic mass is 32.2. The number of amides is 1. The summed E-state index contributed by atoms with van der Waals surface area (Å²) in [4.78, 5) is 12.0. The molecule has 3 rings (SSSR count). The van der Waals surface area contributed by atoms with E-state index >= 15 is 0 Å². The third-order valence-corrected chi connectivity index (χ3v) is 5.72. The maximum Gasteiger partial charge on any atom is 0.271 e. The topological polar surface area (TPSA) is 122 Å². The van der Waals surface area contributed by atoms with Crippen LogP contribution in [0.15, 0.2) is 53.4 Å². The van der Waals surface area contributed by atoms with Crippen molar-refractivity contribution in [2.75, 3.05) is 17.1 Å². The Morgan fingerprint density at radius 1 is 1.13 bits per heavy atom. The molecule has 3 N–H and O–H groups in total. The molecule has 0 spiro atoms. The number of benzene rings is 2. The number of hydrogen-bond acceptors (Lipinski definition) is 8. The summed E-state index contributed by atoms with van der Waals surface area (Å²) in [6.07, 6.45) is 0. The predicted molar refractivity (Wildman–Crippen MR) is 114 cm³/mol. The van der Waals surface area contributed by atoms with Crippen molar-refractivity contribution < 1.29 is 22.3 Å². The van der Waals surface area contributed by atoms with Gasteiger partial charge in [0.25, 0.3) is 21.8 Å². The summed E-state index contributed by atoms with van der Waals surface area (Å²) in [5.74, 6) is -1.33. The molecule has 0 saturated heterocycles. The van der Waals surface area contributed by atoms with Crippen LogP contribution in [0.5, 0.6) is 5.88 Å². The largest absolute Gasteiger partial charge is 0.478 e. The third-order valence-electron chi connectivity index (χ3n) is 3.65. The molecule has 0 aliphatic carbocycles. The van der Waals surface area contributed by atoms with E-state index in [2.05, 4.69) is 24.1 Å². The van der Waals surface area contributed by atoms with Crippen molar-refractivity contribution in [2.24, 2.45) is 0 Å². The maximum atomic E-state index is 13.7. The molecular formula is C17H14FN5O4S3. The molecule has 0 aliphatic heterocycles. The van der Waals surface area contributed by atoms with Crippen molar-refractivity contribution in [1.29, 1.82) is 0 Å². The molecular weight excluding hydrogens is 453 g/mol. The van der Waals surface area contributed by atoms with E-state index in [4.69, 9.17) is 17.0 Å². The fraction of sp³-hybridized carbons (Fsp3) is 0.0588. The lowest BCUT2D eigenvalue weighted by Gasteiger charge is -2.11. The van der Waals surface area contributed by atoms with E-state index < -0.39 is 21.7 Å². The summed E-state index contributed by atoms with van der Waals surface area (Å²) in [7, 11) is -2.57. The molecule has 2 aromatic carbocycles. The van der Waals surface area contributed by atoms with Crippen molar-refractivity contribution in [3.8, 4) is 5.88 Å². The lowest BCUT2D eigenvalue weighted by molar-refractivity contribution is 0.0974. The number of anilines is 2. The molecule has 0 bridgehead atoms. The van der Waals surface area contributed by atoms with Gasteiger partial charge in [-0.1, -0.05) is 12.1 Å². The Bertz CT molecular complexity index is 1180. The van der Waals surface area contributed by atoms with Crippen LogP contribution in [0.3, 0.4) is 0 Å². The predicted octanol–water partition coefficient (Wildman–Crippen LogP) is 2.61. The summed E-state index contributed by atoms with van der Waals surface area (Å²) >= 11 is 5.85. The minimum atomic E-state index is -3.92. The van der Waals surface area contributed by atoms with Crippen molar-refractivity contribution in [1.82, 2.24) is 14.1 Å². The van der Waals surface area contributed by atoms with Gasteiger partial charge in [-0.3, -0.25) is 14.8 Å². The van der Waals surface area contributed by atoms with Gasteiger partial charge in [0.2, 0.25) is 5.82 Å². The average molecular weight is 468 g/mol. The fourth-order valence-corrected chi connectivity index (χ4v) is 4.01. The molecule has 30 heavy (non-hydrogen) atoms. The molecule has 0 radical (unpaired) electrons. The monoisotopic (exact) mass is 467 g/mol.